The van der Waals surface area contributed by atoms with Crippen LogP contribution in [0.25, 0.3) is 10.8 Å². The van der Waals surface area contributed by atoms with E-state index in [0.29, 0.717) is 11.9 Å². The van der Waals surface area contributed by atoms with Crippen molar-refractivity contribution in [3.63, 3.8) is 0 Å². The number of carboxylic acids is 1. The van der Waals surface area contributed by atoms with Gasteiger partial charge in [-0.3, -0.25) is 9.59 Å². The molecule has 5 nitrogen and oxygen atoms in total. The third-order valence-electron chi connectivity index (χ3n) is 4.20. The third kappa shape index (κ3) is 2.51. The fraction of sp³-hybridized carbons (Fsp3) is 0.375. The first-order chi connectivity index (χ1) is 10.1. The number of benzene rings is 1. The number of aliphatic carboxylic acids is 1. The van der Waals surface area contributed by atoms with Gasteiger partial charge in [0.05, 0.1) is 5.92 Å². The predicted molar refractivity (Wildman–Crippen MR) is 81.8 cm³/mol. The van der Waals surface area contributed by atoms with Crippen LogP contribution in [0, 0.1) is 5.92 Å². The number of hydrogen-bond donors (Lipinski definition) is 1. The maximum Gasteiger partial charge on any atom is 0.308 e. The van der Waals surface area contributed by atoms with E-state index >= 15 is 0 Å². The molecule has 5 heteroatoms. The summed E-state index contributed by atoms with van der Waals surface area (Å²) in [7, 11) is 1.73. The summed E-state index contributed by atoms with van der Waals surface area (Å²) < 4.78 is 1.56. The van der Waals surface area contributed by atoms with Crippen LogP contribution in [0.1, 0.15) is 12.8 Å². The van der Waals surface area contributed by atoms with Crippen molar-refractivity contribution in [2.24, 2.45) is 13.0 Å². The summed E-state index contributed by atoms with van der Waals surface area (Å²) >= 11 is 0. The van der Waals surface area contributed by atoms with Gasteiger partial charge in [0.25, 0.3) is 5.56 Å². The van der Waals surface area contributed by atoms with E-state index in [1.165, 1.54) is 0 Å². The number of piperidine rings is 1. The van der Waals surface area contributed by atoms with Gasteiger partial charge in [0.15, 0.2) is 0 Å². The molecule has 1 N–H and O–H groups in total. The summed E-state index contributed by atoms with van der Waals surface area (Å²) in [5.74, 6) is -1.03. The monoisotopic (exact) mass is 286 g/mol. The molecule has 2 heterocycles. The summed E-state index contributed by atoms with van der Waals surface area (Å²) in [5.41, 5.74) is 0.975. The molecule has 0 saturated carbocycles. The molecule has 1 aromatic heterocycles. The molecule has 110 valence electrons. The second kappa shape index (κ2) is 5.24. The number of anilines is 1. The maximum atomic E-state index is 12.0. The van der Waals surface area contributed by atoms with Crippen LogP contribution in [0.4, 0.5) is 5.69 Å². The zero-order valence-electron chi connectivity index (χ0n) is 12.0. The molecular weight excluding hydrogens is 268 g/mol. The molecule has 1 fully saturated rings. The largest absolute Gasteiger partial charge is 0.481 e. The number of aryl methyl sites for hydroxylation is 1. The molecule has 0 spiro atoms. The lowest BCUT2D eigenvalue weighted by molar-refractivity contribution is -0.141. The van der Waals surface area contributed by atoms with Gasteiger partial charge in [0.2, 0.25) is 0 Å². The van der Waals surface area contributed by atoms with E-state index in [0.717, 1.165) is 30.5 Å². The van der Waals surface area contributed by atoms with Crippen LogP contribution < -0.4 is 10.5 Å². The summed E-state index contributed by atoms with van der Waals surface area (Å²) in [4.78, 5) is 25.3. The van der Waals surface area contributed by atoms with Crippen LogP contribution in [0.5, 0.6) is 0 Å². The van der Waals surface area contributed by atoms with E-state index in [1.54, 1.807) is 17.8 Å². The summed E-state index contributed by atoms with van der Waals surface area (Å²) in [6.45, 7) is 1.39. The zero-order chi connectivity index (χ0) is 15.0. The highest BCUT2D eigenvalue weighted by Crippen LogP contribution is 2.25. The molecule has 0 amide bonds. The highest BCUT2D eigenvalue weighted by molar-refractivity contribution is 5.85. The lowest BCUT2D eigenvalue weighted by atomic mass is 9.97. The quantitative estimate of drug-likeness (QED) is 0.915. The number of aromatic nitrogens is 1. The first kappa shape index (κ1) is 13.7. The number of nitrogens with zero attached hydrogens (tertiary/aromatic N) is 2. The minimum Gasteiger partial charge on any atom is -0.481 e. The Balaban J connectivity index is 1.96. The fourth-order valence-corrected chi connectivity index (χ4v) is 2.94. The van der Waals surface area contributed by atoms with Crippen molar-refractivity contribution in [1.82, 2.24) is 4.57 Å². The molecule has 1 aromatic carbocycles. The molecule has 21 heavy (non-hydrogen) atoms. The normalized spacial score (nSPS) is 18.9. The molecule has 1 atom stereocenters. The highest BCUT2D eigenvalue weighted by Gasteiger charge is 2.25. The second-order valence-corrected chi connectivity index (χ2v) is 5.63. The van der Waals surface area contributed by atoms with Gasteiger partial charge in [-0.2, -0.15) is 0 Å². The van der Waals surface area contributed by atoms with Crippen molar-refractivity contribution in [3.05, 3.63) is 40.8 Å². The van der Waals surface area contributed by atoms with E-state index in [4.69, 9.17) is 0 Å². The molecule has 3 rings (SSSR count). The average Bonchev–Trinajstić information content (AvgIpc) is 2.51. The Morgan fingerprint density at radius 2 is 2.14 bits per heavy atom. The fourth-order valence-electron chi connectivity index (χ4n) is 2.94. The molecule has 2 aromatic rings. The van der Waals surface area contributed by atoms with Gasteiger partial charge >= 0.3 is 5.97 Å². The van der Waals surface area contributed by atoms with Crippen molar-refractivity contribution in [1.29, 1.82) is 0 Å². The first-order valence-electron chi connectivity index (χ1n) is 7.13. The van der Waals surface area contributed by atoms with Gasteiger partial charge in [-0.1, -0.05) is 0 Å². The minimum absolute atomic E-state index is 0.0129. The van der Waals surface area contributed by atoms with Crippen molar-refractivity contribution >= 4 is 22.4 Å². The molecule has 0 aliphatic carbocycles. The lowest BCUT2D eigenvalue weighted by Crippen LogP contribution is -2.38. The van der Waals surface area contributed by atoms with Gasteiger partial charge in [-0.15, -0.1) is 0 Å². The van der Waals surface area contributed by atoms with Gasteiger partial charge in [-0.25, -0.2) is 0 Å². The SMILES string of the molecule is Cn1ccc2cc(N3CCCC(C(=O)O)C3)ccc2c1=O. The van der Waals surface area contributed by atoms with Crippen molar-refractivity contribution in [2.75, 3.05) is 18.0 Å². The van der Waals surface area contributed by atoms with Crippen molar-refractivity contribution < 1.29 is 9.90 Å². The lowest BCUT2D eigenvalue weighted by Gasteiger charge is -2.32. The van der Waals surface area contributed by atoms with Crippen LogP contribution in [-0.2, 0) is 11.8 Å². The maximum absolute atomic E-state index is 12.0. The number of carboxylic acid groups (broad SMARTS) is 1. The predicted octanol–water partition coefficient (Wildman–Crippen LogP) is 1.84. The van der Waals surface area contributed by atoms with Crippen LogP contribution >= 0.6 is 0 Å². The zero-order valence-corrected chi connectivity index (χ0v) is 12.0. The van der Waals surface area contributed by atoms with E-state index in [2.05, 4.69) is 4.90 Å². The number of hydrogen-bond acceptors (Lipinski definition) is 3. The van der Waals surface area contributed by atoms with Gasteiger partial charge in [-0.05, 0) is 42.5 Å². The molecule has 1 aliphatic heterocycles. The first-order valence-corrected chi connectivity index (χ1v) is 7.13. The number of carbonyl (C=O) groups is 1. The van der Waals surface area contributed by atoms with Crippen LogP contribution in [0.15, 0.2) is 35.3 Å². The third-order valence-corrected chi connectivity index (χ3v) is 4.20. The van der Waals surface area contributed by atoms with Gasteiger partial charge in [0.1, 0.15) is 0 Å². The summed E-state index contributed by atoms with van der Waals surface area (Å²) in [6, 6.07) is 7.63. The molecular formula is C16H18N2O3. The average molecular weight is 286 g/mol. The van der Waals surface area contributed by atoms with Crippen molar-refractivity contribution in [2.45, 2.75) is 12.8 Å². The molecule has 0 radical (unpaired) electrons. The smallest absolute Gasteiger partial charge is 0.308 e. The van der Waals surface area contributed by atoms with Crippen molar-refractivity contribution in [3.8, 4) is 0 Å². The van der Waals surface area contributed by atoms with Gasteiger partial charge in [0, 0.05) is 37.4 Å². The molecule has 1 saturated heterocycles. The Hall–Kier alpha value is -2.30. The summed E-state index contributed by atoms with van der Waals surface area (Å²) in [6.07, 6.45) is 3.37. The Kier molecular flexibility index (Phi) is 3.41. The standard InChI is InChI=1S/C16H18N2O3/c1-17-8-6-11-9-13(4-5-14(11)15(17)19)18-7-2-3-12(10-18)16(20)21/h4-6,8-9,12H,2-3,7,10H2,1H3,(H,20,21). The Bertz CT molecular complexity index is 751. The second-order valence-electron chi connectivity index (χ2n) is 5.63. The highest BCUT2D eigenvalue weighted by atomic mass is 16.4. The molecule has 1 unspecified atom stereocenters. The molecule has 1 aliphatic rings. The number of fused-ring (bicyclic) bond motifs is 1. The number of rotatable bonds is 2. The van der Waals surface area contributed by atoms with Crippen LogP contribution in [0.2, 0.25) is 0 Å². The van der Waals surface area contributed by atoms with Crippen LogP contribution in [0.3, 0.4) is 0 Å². The van der Waals surface area contributed by atoms with E-state index in [-0.39, 0.29) is 11.5 Å². The summed E-state index contributed by atoms with van der Waals surface area (Å²) in [5, 5.41) is 10.8. The number of pyridine rings is 1. The Labute approximate surface area is 122 Å². The topological polar surface area (TPSA) is 62.5 Å². The van der Waals surface area contributed by atoms with Crippen LogP contribution in [-0.4, -0.2) is 28.7 Å². The van der Waals surface area contributed by atoms with E-state index in [9.17, 15) is 14.7 Å². The minimum atomic E-state index is -0.727. The molecule has 0 bridgehead atoms. The van der Waals surface area contributed by atoms with E-state index in [1.807, 2.05) is 24.3 Å². The Morgan fingerprint density at radius 3 is 2.90 bits per heavy atom. The van der Waals surface area contributed by atoms with E-state index < -0.39 is 5.97 Å². The Morgan fingerprint density at radius 1 is 1.33 bits per heavy atom. The van der Waals surface area contributed by atoms with Gasteiger partial charge < -0.3 is 14.6 Å².